The Hall–Kier alpha value is -3.52. The maximum absolute atomic E-state index is 12.9. The van der Waals surface area contributed by atoms with Crippen LogP contribution >= 0.6 is 0 Å². The minimum atomic E-state index is -4.50. The molecule has 0 saturated carbocycles. The minimum absolute atomic E-state index is 0.0176. The van der Waals surface area contributed by atoms with Crippen molar-refractivity contribution in [3.8, 4) is 11.8 Å². The first-order valence-electron chi connectivity index (χ1n) is 8.63. The van der Waals surface area contributed by atoms with Gasteiger partial charge in [-0.1, -0.05) is 24.0 Å². The number of carbonyl (C=O) groups is 1. The Morgan fingerprint density at radius 2 is 1.26 bits per heavy atom. The predicted octanol–water partition coefficient (Wildman–Crippen LogP) is 1.99. The summed E-state index contributed by atoms with van der Waals surface area (Å²) in [7, 11) is -8.82. The van der Waals surface area contributed by atoms with E-state index in [0.29, 0.717) is 11.1 Å². The van der Waals surface area contributed by atoms with Crippen LogP contribution in [0.25, 0.3) is 0 Å². The lowest BCUT2D eigenvalue weighted by molar-refractivity contribution is 0.0981. The van der Waals surface area contributed by atoms with Crippen molar-refractivity contribution in [1.82, 2.24) is 4.72 Å². The third-order valence-corrected chi connectivity index (χ3v) is 6.50. The van der Waals surface area contributed by atoms with Crippen LogP contribution in [0.1, 0.15) is 21.5 Å². The molecule has 0 aliphatic heterocycles. The van der Waals surface area contributed by atoms with Crippen LogP contribution in [0, 0.1) is 17.7 Å². The molecule has 31 heavy (non-hydrogen) atoms. The molecule has 0 spiro atoms. The molecule has 0 aliphatic carbocycles. The van der Waals surface area contributed by atoms with E-state index in [1.807, 2.05) is 4.72 Å². The summed E-state index contributed by atoms with van der Waals surface area (Å²) in [5.41, 5.74) is 1.16. The van der Waals surface area contributed by atoms with Gasteiger partial charge in [-0.05, 0) is 60.7 Å². The number of amides is 1. The number of nitrogens with one attached hydrogen (secondary N) is 1. The zero-order chi connectivity index (χ0) is 22.6. The van der Waals surface area contributed by atoms with Gasteiger partial charge in [0, 0.05) is 16.7 Å². The second kappa shape index (κ2) is 8.69. The molecule has 3 rings (SSSR count). The Morgan fingerprint density at radius 3 is 1.77 bits per heavy atom. The van der Waals surface area contributed by atoms with Crippen LogP contribution in [-0.4, -0.2) is 22.7 Å². The van der Waals surface area contributed by atoms with Crippen LogP contribution in [-0.2, 0) is 20.0 Å². The van der Waals surface area contributed by atoms with E-state index in [2.05, 4.69) is 11.8 Å². The SMILES string of the molecule is NS(=O)(=O)c1ccccc1S(=O)(=O)NC(=O)c1ccc(C#Cc2ccc(F)cc2)cc1. The number of benzene rings is 3. The van der Waals surface area contributed by atoms with Gasteiger partial charge in [0.15, 0.2) is 0 Å². The molecule has 158 valence electrons. The molecule has 0 atom stereocenters. The standard InChI is InChI=1S/C21H15FN2O5S2/c22-18-13-9-16(10-14-18)6-5-15-7-11-17(12-8-15)21(25)24-31(28,29)20-4-2-1-3-19(20)30(23,26)27/h1-4,7-14H,(H,24,25)(H2,23,26,27). The number of carbonyl (C=O) groups excluding carboxylic acids is 1. The van der Waals surface area contributed by atoms with Crippen LogP contribution in [0.15, 0.2) is 82.6 Å². The molecule has 0 aliphatic rings. The Labute approximate surface area is 178 Å². The third-order valence-electron chi connectivity index (χ3n) is 4.01. The Balaban J connectivity index is 1.79. The van der Waals surface area contributed by atoms with E-state index in [0.717, 1.165) is 12.1 Å². The van der Waals surface area contributed by atoms with Crippen molar-refractivity contribution in [2.24, 2.45) is 5.14 Å². The lowest BCUT2D eigenvalue weighted by Gasteiger charge is -2.10. The molecule has 3 aromatic carbocycles. The van der Waals surface area contributed by atoms with E-state index in [1.54, 1.807) is 0 Å². The molecule has 3 N–H and O–H groups in total. The molecule has 0 aromatic heterocycles. The van der Waals surface area contributed by atoms with Crippen LogP contribution in [0.4, 0.5) is 4.39 Å². The van der Waals surface area contributed by atoms with Gasteiger partial charge >= 0.3 is 0 Å². The number of primary sulfonamides is 1. The first-order valence-corrected chi connectivity index (χ1v) is 11.7. The first kappa shape index (κ1) is 22.2. The van der Waals surface area contributed by atoms with Gasteiger partial charge in [-0.15, -0.1) is 0 Å². The molecule has 7 nitrogen and oxygen atoms in total. The molecular weight excluding hydrogens is 443 g/mol. The van der Waals surface area contributed by atoms with E-state index in [1.165, 1.54) is 60.7 Å². The fraction of sp³-hybridized carbons (Fsp3) is 0. The van der Waals surface area contributed by atoms with Crippen molar-refractivity contribution < 1.29 is 26.0 Å². The van der Waals surface area contributed by atoms with E-state index in [-0.39, 0.29) is 11.4 Å². The van der Waals surface area contributed by atoms with Gasteiger partial charge in [-0.2, -0.15) is 0 Å². The first-order chi connectivity index (χ1) is 14.6. The summed E-state index contributed by atoms with van der Waals surface area (Å²) >= 11 is 0. The van der Waals surface area contributed by atoms with Gasteiger partial charge in [0.1, 0.15) is 15.6 Å². The fourth-order valence-electron chi connectivity index (χ4n) is 2.53. The molecule has 0 heterocycles. The van der Waals surface area contributed by atoms with E-state index in [9.17, 15) is 26.0 Å². The van der Waals surface area contributed by atoms with E-state index >= 15 is 0 Å². The number of hydrogen-bond donors (Lipinski definition) is 2. The van der Waals surface area contributed by atoms with Gasteiger partial charge in [0.25, 0.3) is 15.9 Å². The van der Waals surface area contributed by atoms with Gasteiger partial charge in [0.05, 0.1) is 0 Å². The highest BCUT2D eigenvalue weighted by molar-refractivity contribution is 7.92. The average molecular weight is 458 g/mol. The maximum atomic E-state index is 12.9. The second-order valence-electron chi connectivity index (χ2n) is 6.26. The fourth-order valence-corrected chi connectivity index (χ4v) is 4.88. The van der Waals surface area contributed by atoms with Crippen LogP contribution in [0.5, 0.6) is 0 Å². The number of halogens is 1. The summed E-state index contributed by atoms with van der Waals surface area (Å²) in [6, 6.07) is 16.0. The summed E-state index contributed by atoms with van der Waals surface area (Å²) in [6.45, 7) is 0. The average Bonchev–Trinajstić information content (AvgIpc) is 2.73. The number of hydrogen-bond acceptors (Lipinski definition) is 5. The third kappa shape index (κ3) is 5.55. The quantitative estimate of drug-likeness (QED) is 0.579. The lowest BCUT2D eigenvalue weighted by atomic mass is 10.1. The number of nitrogens with two attached hydrogens (primary N) is 1. The number of rotatable bonds is 4. The molecular formula is C21H15FN2O5S2. The van der Waals surface area contributed by atoms with Gasteiger partial charge < -0.3 is 0 Å². The molecule has 0 fully saturated rings. The van der Waals surface area contributed by atoms with E-state index < -0.39 is 35.7 Å². The highest BCUT2D eigenvalue weighted by Crippen LogP contribution is 2.19. The smallest absolute Gasteiger partial charge is 0.265 e. The summed E-state index contributed by atoms with van der Waals surface area (Å²) in [6.07, 6.45) is 0. The monoisotopic (exact) mass is 458 g/mol. The minimum Gasteiger partial charge on any atom is -0.268 e. The summed E-state index contributed by atoms with van der Waals surface area (Å²) in [5.74, 6) is 4.35. The van der Waals surface area contributed by atoms with Crippen molar-refractivity contribution >= 4 is 26.0 Å². The van der Waals surface area contributed by atoms with Gasteiger partial charge in [0.2, 0.25) is 10.0 Å². The highest BCUT2D eigenvalue weighted by Gasteiger charge is 2.26. The lowest BCUT2D eigenvalue weighted by Crippen LogP contribution is -2.32. The second-order valence-corrected chi connectivity index (χ2v) is 9.44. The Morgan fingerprint density at radius 1 is 0.774 bits per heavy atom. The summed E-state index contributed by atoms with van der Waals surface area (Å²) in [5, 5.41) is 5.05. The predicted molar refractivity (Wildman–Crippen MR) is 111 cm³/mol. The van der Waals surface area contributed by atoms with Crippen LogP contribution in [0.3, 0.4) is 0 Å². The van der Waals surface area contributed by atoms with Crippen molar-refractivity contribution in [2.45, 2.75) is 9.79 Å². The van der Waals surface area contributed by atoms with Gasteiger partial charge in [-0.3, -0.25) is 4.79 Å². The van der Waals surface area contributed by atoms with Crippen molar-refractivity contribution in [3.05, 3.63) is 95.3 Å². The summed E-state index contributed by atoms with van der Waals surface area (Å²) < 4.78 is 63.1. The summed E-state index contributed by atoms with van der Waals surface area (Å²) in [4.78, 5) is 11.1. The molecule has 3 aromatic rings. The molecule has 10 heteroatoms. The number of sulfonamides is 2. The molecule has 1 amide bonds. The van der Waals surface area contributed by atoms with Crippen molar-refractivity contribution in [3.63, 3.8) is 0 Å². The molecule has 0 radical (unpaired) electrons. The van der Waals surface area contributed by atoms with Crippen molar-refractivity contribution in [2.75, 3.05) is 0 Å². The molecule has 0 saturated heterocycles. The highest BCUT2D eigenvalue weighted by atomic mass is 32.2. The Bertz CT molecular complexity index is 1410. The van der Waals surface area contributed by atoms with Crippen LogP contribution in [0.2, 0.25) is 0 Å². The van der Waals surface area contributed by atoms with Crippen LogP contribution < -0.4 is 9.86 Å². The zero-order valence-corrected chi connectivity index (χ0v) is 17.4. The van der Waals surface area contributed by atoms with E-state index in [4.69, 9.17) is 5.14 Å². The maximum Gasteiger partial charge on any atom is 0.265 e. The molecule has 0 unspecified atom stereocenters. The zero-order valence-electron chi connectivity index (χ0n) is 15.7. The van der Waals surface area contributed by atoms with Gasteiger partial charge in [-0.25, -0.2) is 31.1 Å². The normalized spacial score (nSPS) is 11.3. The molecule has 0 bridgehead atoms. The van der Waals surface area contributed by atoms with Crippen molar-refractivity contribution in [1.29, 1.82) is 0 Å². The topological polar surface area (TPSA) is 123 Å². The Kier molecular flexibility index (Phi) is 6.21. The largest absolute Gasteiger partial charge is 0.268 e.